The fourth-order valence-corrected chi connectivity index (χ4v) is 3.69. The molecule has 0 unspecified atom stereocenters. The number of H-pyrrole nitrogens is 2. The standard InChI is InChI=1S/C18H16N4O5S/c1-11(16-17(23)21-18(24)20-16)22-28(25,26)15-8-6-14(7-9-15)27-13-4-2-12(10-19)3-5-13/h2-9,11,22-23H,1H3,(H2,20,21,24)/t11-/m1/s1. The largest absolute Gasteiger partial charge is 0.493 e. The van der Waals surface area contributed by atoms with Crippen LogP contribution in [-0.4, -0.2) is 23.5 Å². The van der Waals surface area contributed by atoms with E-state index < -0.39 is 27.6 Å². The van der Waals surface area contributed by atoms with E-state index in [2.05, 4.69) is 14.7 Å². The molecule has 28 heavy (non-hydrogen) atoms. The normalized spacial score (nSPS) is 12.3. The molecule has 3 aromatic rings. The smallest absolute Gasteiger partial charge is 0.326 e. The van der Waals surface area contributed by atoms with Crippen molar-refractivity contribution in [2.75, 3.05) is 0 Å². The Morgan fingerprint density at radius 3 is 2.14 bits per heavy atom. The summed E-state index contributed by atoms with van der Waals surface area (Å²) in [6.07, 6.45) is 0. The van der Waals surface area contributed by atoms with Gasteiger partial charge < -0.3 is 14.8 Å². The lowest BCUT2D eigenvalue weighted by Gasteiger charge is -2.13. The third-order valence-corrected chi connectivity index (χ3v) is 5.41. The molecule has 0 saturated heterocycles. The second-order valence-electron chi connectivity index (χ2n) is 5.89. The van der Waals surface area contributed by atoms with Gasteiger partial charge in [-0.1, -0.05) is 0 Å². The van der Waals surface area contributed by atoms with Crippen LogP contribution in [-0.2, 0) is 10.0 Å². The van der Waals surface area contributed by atoms with E-state index >= 15 is 0 Å². The molecule has 1 heterocycles. The summed E-state index contributed by atoms with van der Waals surface area (Å²) in [6, 6.07) is 13.4. The Bertz CT molecular complexity index is 1170. The van der Waals surface area contributed by atoms with Crippen molar-refractivity contribution in [3.8, 4) is 23.4 Å². The Balaban J connectivity index is 1.73. The Morgan fingerprint density at radius 2 is 1.64 bits per heavy atom. The molecule has 0 fully saturated rings. The highest BCUT2D eigenvalue weighted by atomic mass is 32.2. The quantitative estimate of drug-likeness (QED) is 0.498. The molecule has 2 aromatic carbocycles. The summed E-state index contributed by atoms with van der Waals surface area (Å²) in [5.41, 5.74) is -0.0963. The van der Waals surface area contributed by atoms with E-state index in [1.165, 1.54) is 31.2 Å². The second kappa shape index (κ2) is 7.59. The van der Waals surface area contributed by atoms with Crippen LogP contribution < -0.4 is 15.1 Å². The lowest BCUT2D eigenvalue weighted by Crippen LogP contribution is -2.27. The van der Waals surface area contributed by atoms with Gasteiger partial charge in [-0.3, -0.25) is 4.98 Å². The summed E-state index contributed by atoms with van der Waals surface area (Å²) in [5.74, 6) is 0.504. The highest BCUT2D eigenvalue weighted by Gasteiger charge is 2.22. The molecule has 1 aromatic heterocycles. The van der Waals surface area contributed by atoms with Crippen molar-refractivity contribution in [2.45, 2.75) is 17.9 Å². The average Bonchev–Trinajstić information content (AvgIpc) is 3.01. The number of nitriles is 1. The average molecular weight is 400 g/mol. The lowest BCUT2D eigenvalue weighted by atomic mass is 10.2. The van der Waals surface area contributed by atoms with Crippen molar-refractivity contribution in [1.29, 1.82) is 5.26 Å². The first-order valence-electron chi connectivity index (χ1n) is 8.10. The minimum absolute atomic E-state index is 0.0103. The molecule has 0 amide bonds. The first-order valence-corrected chi connectivity index (χ1v) is 9.58. The summed E-state index contributed by atoms with van der Waals surface area (Å²) in [7, 11) is -3.90. The minimum atomic E-state index is -3.90. The molecule has 0 bridgehead atoms. The molecule has 0 saturated carbocycles. The highest BCUT2D eigenvalue weighted by molar-refractivity contribution is 7.89. The number of hydrogen-bond donors (Lipinski definition) is 4. The molecule has 0 radical (unpaired) electrons. The van der Waals surface area contributed by atoms with Crippen LogP contribution in [0.1, 0.15) is 24.2 Å². The van der Waals surface area contributed by atoms with E-state index in [1.807, 2.05) is 6.07 Å². The van der Waals surface area contributed by atoms with Crippen LogP contribution in [0.4, 0.5) is 0 Å². The van der Waals surface area contributed by atoms with Gasteiger partial charge in [0.15, 0.2) is 0 Å². The number of nitrogens with one attached hydrogen (secondary N) is 3. The fraction of sp³-hybridized carbons (Fsp3) is 0.111. The summed E-state index contributed by atoms with van der Waals surface area (Å²) < 4.78 is 33.0. The van der Waals surface area contributed by atoms with Gasteiger partial charge in [0.25, 0.3) is 0 Å². The van der Waals surface area contributed by atoms with Gasteiger partial charge in [-0.15, -0.1) is 0 Å². The van der Waals surface area contributed by atoms with Crippen molar-refractivity contribution in [1.82, 2.24) is 14.7 Å². The molecule has 9 nitrogen and oxygen atoms in total. The third kappa shape index (κ3) is 4.22. The Kier molecular flexibility index (Phi) is 5.21. The zero-order valence-electron chi connectivity index (χ0n) is 14.6. The molecule has 0 aliphatic carbocycles. The van der Waals surface area contributed by atoms with Crippen molar-refractivity contribution in [2.24, 2.45) is 0 Å². The Labute approximate surface area is 160 Å². The van der Waals surface area contributed by atoms with E-state index in [-0.39, 0.29) is 10.6 Å². The van der Waals surface area contributed by atoms with Gasteiger partial charge in [-0.05, 0) is 55.5 Å². The first kappa shape index (κ1) is 19.2. The number of ether oxygens (including phenoxy) is 1. The van der Waals surface area contributed by atoms with Crippen LogP contribution in [0, 0.1) is 11.3 Å². The van der Waals surface area contributed by atoms with Gasteiger partial charge in [0.05, 0.1) is 28.3 Å². The molecule has 144 valence electrons. The monoisotopic (exact) mass is 400 g/mol. The topological polar surface area (TPSA) is 148 Å². The number of hydrogen-bond acceptors (Lipinski definition) is 6. The molecule has 0 aliphatic rings. The molecular formula is C18H16N4O5S. The predicted molar refractivity (Wildman–Crippen MR) is 99.5 cm³/mol. The summed E-state index contributed by atoms with van der Waals surface area (Å²) in [5, 5.41) is 18.4. The summed E-state index contributed by atoms with van der Waals surface area (Å²) in [4.78, 5) is 15.6. The number of nitrogens with zero attached hydrogens (tertiary/aromatic N) is 1. The van der Waals surface area contributed by atoms with Crippen LogP contribution in [0.3, 0.4) is 0 Å². The summed E-state index contributed by atoms with van der Waals surface area (Å²) in [6.45, 7) is 1.48. The van der Waals surface area contributed by atoms with Crippen LogP contribution in [0.5, 0.6) is 17.4 Å². The number of imidazole rings is 1. The Morgan fingerprint density at radius 1 is 1.07 bits per heavy atom. The van der Waals surface area contributed by atoms with Crippen molar-refractivity contribution in [3.05, 3.63) is 70.3 Å². The van der Waals surface area contributed by atoms with Crippen molar-refractivity contribution < 1.29 is 18.3 Å². The minimum Gasteiger partial charge on any atom is -0.493 e. The van der Waals surface area contributed by atoms with E-state index in [0.29, 0.717) is 17.1 Å². The molecule has 3 rings (SSSR count). The lowest BCUT2D eigenvalue weighted by molar-refractivity contribution is 0.441. The first-order chi connectivity index (χ1) is 13.3. The molecule has 4 N–H and O–H groups in total. The van der Waals surface area contributed by atoms with Gasteiger partial charge in [0, 0.05) is 0 Å². The van der Waals surface area contributed by atoms with Crippen LogP contribution in [0.15, 0.2) is 58.2 Å². The second-order valence-corrected chi connectivity index (χ2v) is 7.61. The van der Waals surface area contributed by atoms with Crippen molar-refractivity contribution >= 4 is 10.0 Å². The number of aromatic nitrogens is 2. The van der Waals surface area contributed by atoms with Gasteiger partial charge in [0.1, 0.15) is 11.5 Å². The fourth-order valence-electron chi connectivity index (χ4n) is 2.48. The molecule has 0 spiro atoms. The zero-order chi connectivity index (χ0) is 20.3. The maximum atomic E-state index is 12.5. The number of aromatic amines is 2. The molecule has 10 heteroatoms. The van der Waals surface area contributed by atoms with E-state index in [9.17, 15) is 18.3 Å². The summed E-state index contributed by atoms with van der Waals surface area (Å²) >= 11 is 0. The molecule has 1 atom stereocenters. The zero-order valence-corrected chi connectivity index (χ0v) is 15.4. The number of aromatic hydroxyl groups is 1. The third-order valence-electron chi connectivity index (χ3n) is 3.85. The van der Waals surface area contributed by atoms with E-state index in [4.69, 9.17) is 10.00 Å². The maximum absolute atomic E-state index is 12.5. The van der Waals surface area contributed by atoms with E-state index in [0.717, 1.165) is 0 Å². The van der Waals surface area contributed by atoms with Crippen LogP contribution >= 0.6 is 0 Å². The number of sulfonamides is 1. The van der Waals surface area contributed by atoms with E-state index in [1.54, 1.807) is 24.3 Å². The van der Waals surface area contributed by atoms with Gasteiger partial charge in [-0.25, -0.2) is 17.9 Å². The van der Waals surface area contributed by atoms with Gasteiger partial charge >= 0.3 is 5.69 Å². The Hall–Kier alpha value is -3.55. The van der Waals surface area contributed by atoms with Gasteiger partial charge in [-0.2, -0.15) is 5.26 Å². The highest BCUT2D eigenvalue weighted by Crippen LogP contribution is 2.24. The number of benzene rings is 2. The number of rotatable bonds is 6. The van der Waals surface area contributed by atoms with Crippen LogP contribution in [0.2, 0.25) is 0 Å². The van der Waals surface area contributed by atoms with Crippen molar-refractivity contribution in [3.63, 3.8) is 0 Å². The SMILES string of the molecule is C[C@@H](NS(=O)(=O)c1ccc(Oc2ccc(C#N)cc2)cc1)c1[nH]c(=O)[nH]c1O. The van der Waals surface area contributed by atoms with Crippen LogP contribution in [0.25, 0.3) is 0 Å². The molecular weight excluding hydrogens is 384 g/mol. The maximum Gasteiger partial charge on any atom is 0.326 e. The molecule has 0 aliphatic heterocycles. The predicted octanol–water partition coefficient (Wildman–Crippen LogP) is 2.11. The van der Waals surface area contributed by atoms with Gasteiger partial charge in [0.2, 0.25) is 15.9 Å².